The Balaban J connectivity index is 1.60. The van der Waals surface area contributed by atoms with E-state index in [9.17, 15) is 14.0 Å². The maximum atomic E-state index is 13.2. The summed E-state index contributed by atoms with van der Waals surface area (Å²) < 4.78 is 13.2. The second-order valence-corrected chi connectivity index (χ2v) is 6.15. The zero-order valence-corrected chi connectivity index (χ0v) is 13.9. The van der Waals surface area contributed by atoms with Gasteiger partial charge < -0.3 is 10.6 Å². The zero-order valence-electron chi connectivity index (χ0n) is 13.9. The van der Waals surface area contributed by atoms with E-state index < -0.39 is 5.82 Å². The van der Waals surface area contributed by atoms with Crippen molar-refractivity contribution in [3.05, 3.63) is 71.0 Å². The molecule has 0 radical (unpaired) electrons. The monoisotopic (exact) mass is 338 g/mol. The van der Waals surface area contributed by atoms with Crippen LogP contribution in [-0.4, -0.2) is 17.9 Å². The molecule has 1 fully saturated rings. The van der Waals surface area contributed by atoms with Gasteiger partial charge in [-0.1, -0.05) is 18.2 Å². The lowest BCUT2D eigenvalue weighted by molar-refractivity contribution is -0.111. The summed E-state index contributed by atoms with van der Waals surface area (Å²) in [5, 5.41) is 5.57. The summed E-state index contributed by atoms with van der Waals surface area (Å²) in [6, 6.07) is 11.6. The highest BCUT2D eigenvalue weighted by Gasteiger charge is 2.23. The van der Waals surface area contributed by atoms with Gasteiger partial charge in [0.15, 0.2) is 0 Å². The van der Waals surface area contributed by atoms with Crippen LogP contribution in [0, 0.1) is 12.7 Å². The van der Waals surface area contributed by atoms with E-state index in [2.05, 4.69) is 10.6 Å². The fraction of sp³-hybridized carbons (Fsp3) is 0.200. The van der Waals surface area contributed by atoms with Gasteiger partial charge in [0.25, 0.3) is 5.91 Å². The highest BCUT2D eigenvalue weighted by atomic mass is 19.1. The van der Waals surface area contributed by atoms with Gasteiger partial charge in [-0.2, -0.15) is 0 Å². The number of halogens is 1. The van der Waals surface area contributed by atoms with Crippen molar-refractivity contribution < 1.29 is 14.0 Å². The third kappa shape index (κ3) is 4.76. The molecule has 5 heteroatoms. The molecule has 0 aliphatic heterocycles. The van der Waals surface area contributed by atoms with Crippen molar-refractivity contribution in [2.75, 3.05) is 5.32 Å². The summed E-state index contributed by atoms with van der Waals surface area (Å²) in [6.45, 7) is 1.80. The maximum Gasteiger partial charge on any atom is 0.251 e. The van der Waals surface area contributed by atoms with Crippen molar-refractivity contribution in [1.82, 2.24) is 5.32 Å². The topological polar surface area (TPSA) is 58.2 Å². The van der Waals surface area contributed by atoms with Gasteiger partial charge in [0.1, 0.15) is 5.82 Å². The van der Waals surface area contributed by atoms with E-state index in [1.165, 1.54) is 18.2 Å². The number of carbonyl (C=O) groups excluding carboxylic acids is 2. The molecule has 0 saturated heterocycles. The highest BCUT2D eigenvalue weighted by Crippen LogP contribution is 2.19. The van der Waals surface area contributed by atoms with Crippen molar-refractivity contribution in [3.8, 4) is 0 Å². The molecular weight excluding hydrogens is 319 g/mol. The second kappa shape index (κ2) is 7.30. The van der Waals surface area contributed by atoms with E-state index in [1.807, 2.05) is 0 Å². The number of anilines is 1. The Hall–Kier alpha value is -2.95. The summed E-state index contributed by atoms with van der Waals surface area (Å²) in [5.74, 6) is -0.813. The van der Waals surface area contributed by atoms with E-state index >= 15 is 0 Å². The number of amides is 2. The number of hydrogen-bond acceptors (Lipinski definition) is 2. The van der Waals surface area contributed by atoms with Crippen LogP contribution in [0.5, 0.6) is 0 Å². The zero-order chi connectivity index (χ0) is 17.8. The van der Waals surface area contributed by atoms with Crippen LogP contribution in [-0.2, 0) is 4.79 Å². The van der Waals surface area contributed by atoms with Crippen LogP contribution in [0.1, 0.15) is 34.3 Å². The smallest absolute Gasteiger partial charge is 0.251 e. The van der Waals surface area contributed by atoms with E-state index in [0.717, 1.165) is 24.0 Å². The summed E-state index contributed by atoms with van der Waals surface area (Å²) in [6.07, 6.45) is 5.12. The van der Waals surface area contributed by atoms with Crippen LogP contribution < -0.4 is 10.6 Å². The van der Waals surface area contributed by atoms with Crippen LogP contribution >= 0.6 is 0 Å². The lowest BCUT2D eigenvalue weighted by Crippen LogP contribution is -2.25. The quantitative estimate of drug-likeness (QED) is 0.817. The Kier molecular flexibility index (Phi) is 4.93. The molecule has 2 N–H and O–H groups in total. The first-order valence-electron chi connectivity index (χ1n) is 8.17. The SMILES string of the molecule is Cc1ccc(F)cc1NC(=O)/C=C/c1ccc(C(=O)NC2CC2)cc1. The van der Waals surface area contributed by atoms with E-state index in [-0.39, 0.29) is 11.8 Å². The molecule has 0 atom stereocenters. The average molecular weight is 338 g/mol. The molecule has 3 rings (SSSR count). The lowest BCUT2D eigenvalue weighted by Gasteiger charge is -2.06. The van der Waals surface area contributed by atoms with Gasteiger partial charge in [-0.15, -0.1) is 0 Å². The first-order valence-corrected chi connectivity index (χ1v) is 8.17. The Morgan fingerprint density at radius 1 is 1.12 bits per heavy atom. The average Bonchev–Trinajstić information content (AvgIpc) is 3.41. The minimum atomic E-state index is -0.398. The molecule has 4 nitrogen and oxygen atoms in total. The molecule has 1 aliphatic rings. The molecule has 0 heterocycles. The van der Waals surface area contributed by atoms with Crippen molar-refractivity contribution in [2.24, 2.45) is 0 Å². The summed E-state index contributed by atoms with van der Waals surface area (Å²) in [4.78, 5) is 23.9. The first-order chi connectivity index (χ1) is 12.0. The van der Waals surface area contributed by atoms with Crippen molar-refractivity contribution in [1.29, 1.82) is 0 Å². The largest absolute Gasteiger partial charge is 0.349 e. The second-order valence-electron chi connectivity index (χ2n) is 6.15. The van der Waals surface area contributed by atoms with Gasteiger partial charge in [0, 0.05) is 23.4 Å². The number of aryl methyl sites for hydroxylation is 1. The van der Waals surface area contributed by atoms with Gasteiger partial charge >= 0.3 is 0 Å². The van der Waals surface area contributed by atoms with Crippen LogP contribution in [0.25, 0.3) is 6.08 Å². The summed E-state index contributed by atoms with van der Waals surface area (Å²) >= 11 is 0. The van der Waals surface area contributed by atoms with Crippen LogP contribution in [0.15, 0.2) is 48.5 Å². The highest BCUT2D eigenvalue weighted by molar-refractivity contribution is 6.02. The Morgan fingerprint density at radius 2 is 1.84 bits per heavy atom. The molecule has 2 aromatic rings. The third-order valence-corrected chi connectivity index (χ3v) is 3.97. The number of carbonyl (C=O) groups is 2. The number of rotatable bonds is 5. The predicted octanol–water partition coefficient (Wildman–Crippen LogP) is 3.68. The van der Waals surface area contributed by atoms with Gasteiger partial charge in [-0.05, 0) is 61.2 Å². The summed E-state index contributed by atoms with van der Waals surface area (Å²) in [7, 11) is 0. The molecular formula is C20H19FN2O2. The minimum absolute atomic E-state index is 0.0719. The molecule has 0 unspecified atom stereocenters. The van der Waals surface area contributed by atoms with Crippen LogP contribution in [0.3, 0.4) is 0 Å². The van der Waals surface area contributed by atoms with Crippen LogP contribution in [0.4, 0.5) is 10.1 Å². The molecule has 1 saturated carbocycles. The van der Waals surface area contributed by atoms with E-state index in [4.69, 9.17) is 0 Å². The fourth-order valence-corrected chi connectivity index (χ4v) is 2.32. The molecule has 0 aromatic heterocycles. The minimum Gasteiger partial charge on any atom is -0.349 e. The first kappa shape index (κ1) is 16.9. The standard InChI is InChI=1S/C20H19FN2O2/c1-13-2-8-16(21)12-18(13)23-19(24)11-5-14-3-6-15(7-4-14)20(25)22-17-9-10-17/h2-8,11-12,17H,9-10H2,1H3,(H,22,25)(H,23,24)/b11-5+. The molecule has 2 aromatic carbocycles. The predicted molar refractivity (Wildman–Crippen MR) is 95.7 cm³/mol. The molecule has 128 valence electrons. The normalized spacial score (nSPS) is 13.7. The van der Waals surface area contributed by atoms with Crippen molar-refractivity contribution in [3.63, 3.8) is 0 Å². The molecule has 1 aliphatic carbocycles. The van der Waals surface area contributed by atoms with E-state index in [1.54, 1.807) is 43.3 Å². The van der Waals surface area contributed by atoms with Crippen molar-refractivity contribution in [2.45, 2.75) is 25.8 Å². The van der Waals surface area contributed by atoms with Gasteiger partial charge in [0.05, 0.1) is 0 Å². The van der Waals surface area contributed by atoms with Crippen LogP contribution in [0.2, 0.25) is 0 Å². The lowest BCUT2D eigenvalue weighted by atomic mass is 10.1. The van der Waals surface area contributed by atoms with Gasteiger partial charge in [0.2, 0.25) is 5.91 Å². The molecule has 0 bridgehead atoms. The Labute approximate surface area is 145 Å². The summed E-state index contributed by atoms with van der Waals surface area (Å²) in [5.41, 5.74) is 2.63. The fourth-order valence-electron chi connectivity index (χ4n) is 2.32. The van der Waals surface area contributed by atoms with E-state index in [0.29, 0.717) is 17.3 Å². The number of hydrogen-bond donors (Lipinski definition) is 2. The Morgan fingerprint density at radius 3 is 2.52 bits per heavy atom. The molecule has 25 heavy (non-hydrogen) atoms. The molecule has 2 amide bonds. The number of benzene rings is 2. The maximum absolute atomic E-state index is 13.2. The molecule has 0 spiro atoms. The third-order valence-electron chi connectivity index (χ3n) is 3.97. The van der Waals surface area contributed by atoms with Crippen molar-refractivity contribution >= 4 is 23.6 Å². The number of nitrogens with one attached hydrogen (secondary N) is 2. The van der Waals surface area contributed by atoms with Gasteiger partial charge in [-0.3, -0.25) is 9.59 Å². The van der Waals surface area contributed by atoms with Gasteiger partial charge in [-0.25, -0.2) is 4.39 Å². The Bertz CT molecular complexity index is 824.